The van der Waals surface area contributed by atoms with Crippen LogP contribution < -0.4 is 5.32 Å². The van der Waals surface area contributed by atoms with Gasteiger partial charge < -0.3 is 14.9 Å². The Kier molecular flexibility index (Phi) is 4.72. The summed E-state index contributed by atoms with van der Waals surface area (Å²) in [6.07, 6.45) is 2.69. The topological polar surface area (TPSA) is 106 Å². The second-order valence-electron chi connectivity index (χ2n) is 6.97. The van der Waals surface area contributed by atoms with Crippen LogP contribution in [0, 0.1) is 5.92 Å². The van der Waals surface area contributed by atoms with Gasteiger partial charge >= 0.3 is 0 Å². The Morgan fingerprint density at radius 2 is 2.15 bits per heavy atom. The van der Waals surface area contributed by atoms with Crippen molar-refractivity contribution in [1.29, 1.82) is 0 Å². The van der Waals surface area contributed by atoms with E-state index in [-0.39, 0.29) is 17.7 Å². The molecule has 0 radical (unpaired) electrons. The van der Waals surface area contributed by atoms with Gasteiger partial charge in [0.2, 0.25) is 5.76 Å². The maximum Gasteiger partial charge on any atom is 0.290 e. The van der Waals surface area contributed by atoms with Crippen molar-refractivity contribution in [1.82, 2.24) is 25.5 Å². The highest BCUT2D eigenvalue weighted by Gasteiger charge is 2.32. The number of carbonyl (C=O) groups excluding carboxylic acids is 1. The first-order valence-corrected chi connectivity index (χ1v) is 8.99. The molecule has 0 saturated heterocycles. The predicted molar refractivity (Wildman–Crippen MR) is 96.6 cm³/mol. The molecule has 1 aliphatic carbocycles. The van der Waals surface area contributed by atoms with Gasteiger partial charge in [0.1, 0.15) is 5.69 Å². The van der Waals surface area contributed by atoms with Gasteiger partial charge in [-0.2, -0.15) is 0 Å². The van der Waals surface area contributed by atoms with Gasteiger partial charge in [0, 0.05) is 24.2 Å². The van der Waals surface area contributed by atoms with Gasteiger partial charge in [-0.25, -0.2) is 4.68 Å². The van der Waals surface area contributed by atoms with Crippen LogP contribution in [0.2, 0.25) is 0 Å². The molecule has 1 aromatic carbocycles. The molecular weight excluding hydrogens is 346 g/mol. The lowest BCUT2D eigenvalue weighted by molar-refractivity contribution is 0.0839. The van der Waals surface area contributed by atoms with Crippen molar-refractivity contribution >= 4 is 5.91 Å². The number of nitrogens with one attached hydrogen (secondary N) is 1. The highest BCUT2D eigenvalue weighted by molar-refractivity contribution is 5.92. The fourth-order valence-electron chi connectivity index (χ4n) is 3.36. The minimum atomic E-state index is -0.596. The Morgan fingerprint density at radius 3 is 2.89 bits per heavy atom. The van der Waals surface area contributed by atoms with Crippen molar-refractivity contribution in [2.75, 3.05) is 0 Å². The van der Waals surface area contributed by atoms with Crippen molar-refractivity contribution in [2.24, 2.45) is 5.92 Å². The lowest BCUT2D eigenvalue weighted by Gasteiger charge is -2.35. The normalized spacial score (nSPS) is 20.1. The van der Waals surface area contributed by atoms with Crippen molar-refractivity contribution in [3.63, 3.8) is 0 Å². The predicted octanol–water partition coefficient (Wildman–Crippen LogP) is 2.20. The van der Waals surface area contributed by atoms with E-state index in [4.69, 9.17) is 4.52 Å². The fourth-order valence-corrected chi connectivity index (χ4v) is 3.36. The largest absolute Gasteiger partial charge is 0.387 e. The van der Waals surface area contributed by atoms with Crippen molar-refractivity contribution in [3.8, 4) is 11.3 Å². The Labute approximate surface area is 156 Å². The highest BCUT2D eigenvalue weighted by atomic mass is 16.5. The number of aliphatic hydroxyl groups is 1. The number of rotatable bonds is 6. The van der Waals surface area contributed by atoms with Crippen LogP contribution in [-0.4, -0.2) is 37.2 Å². The summed E-state index contributed by atoms with van der Waals surface area (Å²) in [5, 5.41) is 24.5. The molecule has 0 unspecified atom stereocenters. The van der Waals surface area contributed by atoms with Crippen LogP contribution in [0.15, 0.2) is 47.1 Å². The zero-order valence-electron chi connectivity index (χ0n) is 14.9. The minimum Gasteiger partial charge on any atom is -0.387 e. The Bertz CT molecular complexity index is 912. The third-order valence-corrected chi connectivity index (χ3v) is 4.88. The van der Waals surface area contributed by atoms with Crippen molar-refractivity contribution in [2.45, 2.75) is 38.5 Å². The molecule has 8 heteroatoms. The van der Waals surface area contributed by atoms with Crippen molar-refractivity contribution in [3.05, 3.63) is 54.0 Å². The molecule has 2 aromatic heterocycles. The molecule has 3 aromatic rings. The van der Waals surface area contributed by atoms with Gasteiger partial charge in [0.05, 0.1) is 18.0 Å². The smallest absolute Gasteiger partial charge is 0.290 e. The SMILES string of the molecule is C[C@H](O)c1cnnn1C[C@H]1C[C@H](NC(=O)c2cc(-c3ccccc3)no2)C1. The van der Waals surface area contributed by atoms with Gasteiger partial charge in [-0.05, 0) is 25.7 Å². The Morgan fingerprint density at radius 1 is 1.37 bits per heavy atom. The van der Waals surface area contributed by atoms with Gasteiger partial charge in [0.15, 0.2) is 0 Å². The van der Waals surface area contributed by atoms with Crippen LogP contribution in [0.3, 0.4) is 0 Å². The van der Waals surface area contributed by atoms with Crippen LogP contribution in [0.25, 0.3) is 11.3 Å². The maximum atomic E-state index is 12.4. The number of nitrogens with zero attached hydrogens (tertiary/aromatic N) is 4. The van der Waals surface area contributed by atoms with Crippen molar-refractivity contribution < 1.29 is 14.4 Å². The standard InChI is InChI=1S/C19H21N5O3/c1-12(25)17-10-20-23-24(17)11-13-7-15(8-13)21-19(26)18-9-16(22-27-18)14-5-3-2-4-6-14/h2-6,9-10,12-13,15,25H,7-8,11H2,1H3,(H,21,26)/t12-,13-,15-/m0/s1. The fraction of sp³-hybridized carbons (Fsp3) is 0.368. The molecule has 27 heavy (non-hydrogen) atoms. The summed E-state index contributed by atoms with van der Waals surface area (Å²) in [4.78, 5) is 12.4. The van der Waals surface area contributed by atoms with Gasteiger partial charge in [-0.3, -0.25) is 4.79 Å². The third kappa shape index (κ3) is 3.75. The molecule has 140 valence electrons. The maximum absolute atomic E-state index is 12.4. The van der Waals surface area contributed by atoms with Crippen LogP contribution in [0.4, 0.5) is 0 Å². The Balaban J connectivity index is 1.29. The summed E-state index contributed by atoms with van der Waals surface area (Å²) in [6, 6.07) is 11.3. The molecule has 1 fully saturated rings. The van der Waals surface area contributed by atoms with Crippen LogP contribution in [-0.2, 0) is 6.54 Å². The molecule has 1 aliphatic rings. The number of aliphatic hydroxyl groups excluding tert-OH is 1. The summed E-state index contributed by atoms with van der Waals surface area (Å²) < 4.78 is 6.92. The molecule has 2 N–H and O–H groups in total. The first-order chi connectivity index (χ1) is 13.1. The molecule has 1 atom stereocenters. The number of amides is 1. The molecule has 0 aliphatic heterocycles. The second-order valence-corrected chi connectivity index (χ2v) is 6.97. The van der Waals surface area contributed by atoms with E-state index >= 15 is 0 Å². The summed E-state index contributed by atoms with van der Waals surface area (Å²) in [6.45, 7) is 2.38. The van der Waals surface area contributed by atoms with Gasteiger partial charge in [-0.15, -0.1) is 5.10 Å². The average Bonchev–Trinajstić information content (AvgIpc) is 3.30. The lowest BCUT2D eigenvalue weighted by atomic mass is 9.80. The second kappa shape index (κ2) is 7.32. The summed E-state index contributed by atoms with van der Waals surface area (Å²) in [5.41, 5.74) is 2.26. The molecule has 0 bridgehead atoms. The van der Waals surface area contributed by atoms with E-state index < -0.39 is 6.10 Å². The van der Waals surface area contributed by atoms with E-state index in [1.165, 1.54) is 0 Å². The first-order valence-electron chi connectivity index (χ1n) is 8.99. The van der Waals surface area contributed by atoms with Crippen LogP contribution in [0.5, 0.6) is 0 Å². The summed E-state index contributed by atoms with van der Waals surface area (Å²) >= 11 is 0. The van der Waals surface area contributed by atoms with E-state index in [0.717, 1.165) is 18.4 Å². The number of hydrogen-bond donors (Lipinski definition) is 2. The third-order valence-electron chi connectivity index (χ3n) is 4.88. The quantitative estimate of drug-likeness (QED) is 0.692. The number of hydrogen-bond acceptors (Lipinski definition) is 6. The highest BCUT2D eigenvalue weighted by Crippen LogP contribution is 2.30. The van der Waals surface area contributed by atoms with E-state index in [2.05, 4.69) is 20.8 Å². The van der Waals surface area contributed by atoms with Gasteiger partial charge in [0.25, 0.3) is 5.91 Å². The number of carbonyl (C=O) groups is 1. The van der Waals surface area contributed by atoms with E-state index in [0.29, 0.717) is 23.9 Å². The first kappa shape index (κ1) is 17.4. The Hall–Kier alpha value is -3.00. The molecule has 4 rings (SSSR count). The molecular formula is C19H21N5O3. The molecule has 8 nitrogen and oxygen atoms in total. The molecule has 2 heterocycles. The summed E-state index contributed by atoms with van der Waals surface area (Å²) in [5.74, 6) is 0.354. The molecule has 1 amide bonds. The number of aromatic nitrogens is 4. The lowest BCUT2D eigenvalue weighted by Crippen LogP contribution is -2.45. The van der Waals surface area contributed by atoms with E-state index in [1.54, 1.807) is 23.9 Å². The van der Waals surface area contributed by atoms with Crippen LogP contribution in [0.1, 0.15) is 42.1 Å². The molecule has 1 saturated carbocycles. The zero-order chi connectivity index (χ0) is 18.8. The average molecular weight is 367 g/mol. The van der Waals surface area contributed by atoms with E-state index in [9.17, 15) is 9.90 Å². The minimum absolute atomic E-state index is 0.103. The zero-order valence-corrected chi connectivity index (χ0v) is 14.9. The summed E-state index contributed by atoms with van der Waals surface area (Å²) in [7, 11) is 0. The van der Waals surface area contributed by atoms with E-state index in [1.807, 2.05) is 30.3 Å². The van der Waals surface area contributed by atoms with Crippen LogP contribution >= 0.6 is 0 Å². The molecule has 0 spiro atoms. The van der Waals surface area contributed by atoms with Gasteiger partial charge in [-0.1, -0.05) is 40.7 Å². The monoisotopic (exact) mass is 367 g/mol. The number of benzene rings is 1.